The third kappa shape index (κ3) is 1.65. The molecule has 0 atom stereocenters. The molecule has 0 amide bonds. The zero-order valence-corrected chi connectivity index (χ0v) is 8.58. The van der Waals surface area contributed by atoms with Gasteiger partial charge in [-0.05, 0) is 35.6 Å². The van der Waals surface area contributed by atoms with Crippen molar-refractivity contribution in [2.24, 2.45) is 0 Å². The Bertz CT molecular complexity index is 657. The number of benzene rings is 2. The maximum atomic E-state index is 12.3. The first-order valence-electron chi connectivity index (χ1n) is 5.03. The summed E-state index contributed by atoms with van der Waals surface area (Å²) in [6.07, 6.45) is -4.30. The zero-order valence-electron chi connectivity index (χ0n) is 8.58. The fraction of sp³-hybridized carbons (Fsp3) is 0.0769. The first-order valence-corrected chi connectivity index (χ1v) is 5.03. The topological polar surface area (TPSA) is 9.23 Å². The first-order chi connectivity index (χ1) is 8.04. The van der Waals surface area contributed by atoms with Gasteiger partial charge in [0.1, 0.15) is 11.5 Å². The van der Waals surface area contributed by atoms with Gasteiger partial charge >= 0.3 is 6.18 Å². The Balaban J connectivity index is 1.80. The molecule has 0 aromatic heterocycles. The fourth-order valence-electron chi connectivity index (χ4n) is 1.68. The Hall–Kier alpha value is -1.97. The summed E-state index contributed by atoms with van der Waals surface area (Å²) in [6, 6.07) is 10.4. The van der Waals surface area contributed by atoms with Crippen LogP contribution in [0.3, 0.4) is 0 Å². The minimum atomic E-state index is -4.30. The van der Waals surface area contributed by atoms with Crippen LogP contribution in [0, 0.1) is 10.4 Å². The Morgan fingerprint density at radius 3 is 2.00 bits per heavy atom. The van der Waals surface area contributed by atoms with E-state index in [2.05, 4.69) is 0 Å². The van der Waals surface area contributed by atoms with E-state index in [-0.39, 0.29) is 0 Å². The van der Waals surface area contributed by atoms with E-state index in [1.54, 1.807) is 0 Å². The molecule has 2 aliphatic carbocycles. The first kappa shape index (κ1) is 10.2. The third-order valence-corrected chi connectivity index (χ3v) is 2.70. The molecule has 0 N–H and O–H groups in total. The van der Waals surface area contributed by atoms with E-state index in [9.17, 15) is 13.2 Å². The van der Waals surface area contributed by atoms with Gasteiger partial charge in [0, 0.05) is 5.22 Å². The lowest BCUT2D eigenvalue weighted by Crippen LogP contribution is -2.04. The lowest BCUT2D eigenvalue weighted by atomic mass is 10.1. The second-order valence-electron chi connectivity index (χ2n) is 3.84. The number of ether oxygens (including phenoxy) is 1. The molecule has 1 aromatic carbocycles. The predicted molar refractivity (Wildman–Crippen MR) is 55.6 cm³/mol. The minimum Gasteiger partial charge on any atom is -0.457 e. The maximum absolute atomic E-state index is 12.3. The molecule has 0 unspecified atom stereocenters. The lowest BCUT2D eigenvalue weighted by Gasteiger charge is -2.13. The van der Waals surface area contributed by atoms with E-state index in [4.69, 9.17) is 4.74 Å². The summed E-state index contributed by atoms with van der Waals surface area (Å²) in [5, 5.41) is 2.16. The molecule has 0 heterocycles. The van der Waals surface area contributed by atoms with Crippen LogP contribution in [0.1, 0.15) is 5.56 Å². The molecular formula is C13H7F3O. The molecule has 86 valence electrons. The summed E-state index contributed by atoms with van der Waals surface area (Å²) in [7, 11) is 0. The molecule has 3 rings (SSSR count). The molecule has 2 aliphatic rings. The third-order valence-electron chi connectivity index (χ3n) is 2.70. The highest BCUT2D eigenvalue weighted by atomic mass is 19.4. The summed E-state index contributed by atoms with van der Waals surface area (Å²) in [5.41, 5.74) is -0.670. The van der Waals surface area contributed by atoms with Crippen LogP contribution in [-0.4, -0.2) is 0 Å². The van der Waals surface area contributed by atoms with Gasteiger partial charge < -0.3 is 4.74 Å². The Morgan fingerprint density at radius 2 is 1.59 bits per heavy atom. The molecule has 4 heteroatoms. The molecule has 0 fully saturated rings. The quantitative estimate of drug-likeness (QED) is 0.651. The molecule has 0 saturated heterocycles. The molecule has 0 spiro atoms. The average molecular weight is 236 g/mol. The summed E-state index contributed by atoms with van der Waals surface area (Å²) >= 11 is 0. The maximum Gasteiger partial charge on any atom is 0.416 e. The Kier molecular flexibility index (Phi) is 1.96. The van der Waals surface area contributed by atoms with Gasteiger partial charge in [-0.1, -0.05) is 12.1 Å². The van der Waals surface area contributed by atoms with Gasteiger partial charge in [-0.15, -0.1) is 0 Å². The van der Waals surface area contributed by atoms with Crippen LogP contribution in [0.2, 0.25) is 0 Å². The SMILES string of the molecule is FC(F)(F)c1ccc(Oc2cc3ccc2=3)cc1. The van der Waals surface area contributed by atoms with Gasteiger partial charge in [0.2, 0.25) is 0 Å². The van der Waals surface area contributed by atoms with E-state index >= 15 is 0 Å². The number of rotatable bonds is 2. The molecule has 17 heavy (non-hydrogen) atoms. The van der Waals surface area contributed by atoms with Crippen molar-refractivity contribution in [3.8, 4) is 11.5 Å². The summed E-state index contributed by atoms with van der Waals surface area (Å²) in [6.45, 7) is 0. The van der Waals surface area contributed by atoms with Crippen molar-refractivity contribution in [1.82, 2.24) is 0 Å². The van der Waals surface area contributed by atoms with Gasteiger partial charge in [-0.3, -0.25) is 0 Å². The minimum absolute atomic E-state index is 0.413. The van der Waals surface area contributed by atoms with Crippen LogP contribution in [0.15, 0.2) is 42.5 Å². The highest BCUT2D eigenvalue weighted by Gasteiger charge is 2.30. The van der Waals surface area contributed by atoms with Crippen LogP contribution in [0.5, 0.6) is 11.5 Å². The van der Waals surface area contributed by atoms with Crippen LogP contribution in [0.25, 0.3) is 0 Å². The van der Waals surface area contributed by atoms with Crippen molar-refractivity contribution in [1.29, 1.82) is 0 Å². The van der Waals surface area contributed by atoms with E-state index in [0.717, 1.165) is 22.6 Å². The summed E-state index contributed by atoms with van der Waals surface area (Å²) < 4.78 is 42.4. The predicted octanol–water partition coefficient (Wildman–Crippen LogP) is 4.10. The standard InChI is InChI=1S/C13H7F3O/c14-13(15,16)9-2-4-10(5-3-9)17-12-7-8-1-6-11(8)12/h1-7H. The largest absolute Gasteiger partial charge is 0.457 e. The lowest BCUT2D eigenvalue weighted by molar-refractivity contribution is -0.137. The molecule has 0 radical (unpaired) electrons. The van der Waals surface area contributed by atoms with Crippen molar-refractivity contribution in [2.75, 3.05) is 0 Å². The van der Waals surface area contributed by atoms with Crippen LogP contribution in [-0.2, 0) is 6.18 Å². The van der Waals surface area contributed by atoms with Crippen molar-refractivity contribution in [3.05, 3.63) is 58.5 Å². The second-order valence-corrected chi connectivity index (χ2v) is 3.84. The van der Waals surface area contributed by atoms with E-state index in [0.29, 0.717) is 11.5 Å². The molecule has 0 saturated carbocycles. The molecule has 0 aliphatic heterocycles. The molecule has 0 bridgehead atoms. The monoisotopic (exact) mass is 236 g/mol. The molecule has 1 aromatic rings. The van der Waals surface area contributed by atoms with Gasteiger partial charge in [-0.25, -0.2) is 0 Å². The van der Waals surface area contributed by atoms with Crippen molar-refractivity contribution in [3.63, 3.8) is 0 Å². The van der Waals surface area contributed by atoms with E-state index < -0.39 is 11.7 Å². The Morgan fingerprint density at radius 1 is 0.882 bits per heavy atom. The number of halogens is 3. The highest BCUT2D eigenvalue weighted by molar-refractivity contribution is 5.42. The average Bonchev–Trinajstić information content (AvgIpc) is 2.24. The van der Waals surface area contributed by atoms with Crippen LogP contribution < -0.4 is 4.74 Å². The van der Waals surface area contributed by atoms with Crippen LogP contribution >= 0.6 is 0 Å². The van der Waals surface area contributed by atoms with E-state index in [1.807, 2.05) is 18.2 Å². The molecular weight excluding hydrogens is 229 g/mol. The van der Waals surface area contributed by atoms with Crippen LogP contribution in [0.4, 0.5) is 13.2 Å². The van der Waals surface area contributed by atoms with Gasteiger partial charge in [0.15, 0.2) is 0 Å². The summed E-state index contributed by atoms with van der Waals surface area (Å²) in [5.74, 6) is 1.12. The van der Waals surface area contributed by atoms with Gasteiger partial charge in [0.25, 0.3) is 0 Å². The smallest absolute Gasteiger partial charge is 0.416 e. The molecule has 1 nitrogen and oxygen atoms in total. The van der Waals surface area contributed by atoms with Crippen molar-refractivity contribution < 1.29 is 17.9 Å². The van der Waals surface area contributed by atoms with E-state index in [1.165, 1.54) is 12.1 Å². The zero-order chi connectivity index (χ0) is 12.0. The summed E-state index contributed by atoms with van der Waals surface area (Å²) in [4.78, 5) is 0. The second kappa shape index (κ2) is 3.26. The highest BCUT2D eigenvalue weighted by Crippen LogP contribution is 2.33. The van der Waals surface area contributed by atoms with Gasteiger partial charge in [-0.2, -0.15) is 13.2 Å². The fourth-order valence-corrected chi connectivity index (χ4v) is 1.68. The number of alkyl halides is 3. The van der Waals surface area contributed by atoms with Crippen molar-refractivity contribution >= 4 is 0 Å². The number of hydrogen-bond acceptors (Lipinski definition) is 1. The van der Waals surface area contributed by atoms with Crippen molar-refractivity contribution in [2.45, 2.75) is 6.18 Å². The number of hydrogen-bond donors (Lipinski definition) is 0. The normalized spacial score (nSPS) is 12.4. The van der Waals surface area contributed by atoms with Gasteiger partial charge in [0.05, 0.1) is 5.56 Å². The Labute approximate surface area is 94.8 Å².